The van der Waals surface area contributed by atoms with E-state index in [0.29, 0.717) is 6.07 Å². The molecular formula is C24H12Cl5F5N2O2. The molecule has 0 heterocycles. The van der Waals surface area contributed by atoms with Gasteiger partial charge in [0.2, 0.25) is 5.91 Å². The van der Waals surface area contributed by atoms with Crippen LogP contribution in [0.4, 0.5) is 33.3 Å². The lowest BCUT2D eigenvalue weighted by atomic mass is 10.0. The molecule has 2 atom stereocenters. The molecule has 1 saturated carbocycles. The highest BCUT2D eigenvalue weighted by Crippen LogP contribution is 2.66. The van der Waals surface area contributed by atoms with Crippen LogP contribution in [0.3, 0.4) is 0 Å². The largest absolute Gasteiger partial charge is 0.417 e. The molecule has 38 heavy (non-hydrogen) atoms. The molecule has 0 aliphatic heterocycles. The topological polar surface area (TPSA) is 58.2 Å². The van der Waals surface area contributed by atoms with Crippen LogP contribution >= 0.6 is 58.0 Å². The van der Waals surface area contributed by atoms with E-state index in [1.54, 1.807) is 0 Å². The van der Waals surface area contributed by atoms with E-state index in [9.17, 15) is 31.5 Å². The smallest absolute Gasteiger partial charge is 0.326 e. The van der Waals surface area contributed by atoms with Gasteiger partial charge in [0.15, 0.2) is 0 Å². The molecule has 4 rings (SSSR count). The zero-order chi connectivity index (χ0) is 28.2. The minimum Gasteiger partial charge on any atom is -0.326 e. The Kier molecular flexibility index (Phi) is 7.82. The van der Waals surface area contributed by atoms with E-state index in [0.717, 1.165) is 24.3 Å². The number of hydrogen-bond donors (Lipinski definition) is 2. The van der Waals surface area contributed by atoms with E-state index in [2.05, 4.69) is 10.6 Å². The van der Waals surface area contributed by atoms with Gasteiger partial charge in [-0.15, -0.1) is 23.2 Å². The zero-order valence-corrected chi connectivity index (χ0v) is 22.1. The number of benzene rings is 3. The summed E-state index contributed by atoms with van der Waals surface area (Å²) in [7, 11) is 0. The average Bonchev–Trinajstić information content (AvgIpc) is 3.39. The fraction of sp³-hybridized carbons (Fsp3) is 0.167. The van der Waals surface area contributed by atoms with E-state index in [1.807, 2.05) is 0 Å². The summed E-state index contributed by atoms with van der Waals surface area (Å²) >= 11 is 30.1. The molecule has 2 amide bonds. The molecule has 3 aromatic rings. The fourth-order valence-electron chi connectivity index (χ4n) is 3.84. The second kappa shape index (κ2) is 10.4. The molecule has 0 aromatic heterocycles. The van der Waals surface area contributed by atoms with Crippen molar-refractivity contribution in [1.82, 2.24) is 0 Å². The monoisotopic (exact) mass is 630 g/mol. The molecule has 0 saturated heterocycles. The Morgan fingerprint density at radius 3 is 2.18 bits per heavy atom. The highest BCUT2D eigenvalue weighted by atomic mass is 35.5. The van der Waals surface area contributed by atoms with E-state index >= 15 is 0 Å². The first-order valence-corrected chi connectivity index (χ1v) is 12.3. The predicted molar refractivity (Wildman–Crippen MR) is 137 cm³/mol. The lowest BCUT2D eigenvalue weighted by Crippen LogP contribution is -2.18. The normalized spacial score (nSPS) is 18.2. The Morgan fingerprint density at radius 1 is 0.868 bits per heavy atom. The molecule has 0 spiro atoms. The summed E-state index contributed by atoms with van der Waals surface area (Å²) in [5.74, 6) is -5.73. The van der Waals surface area contributed by atoms with Crippen molar-refractivity contribution in [2.45, 2.75) is 16.4 Å². The third kappa shape index (κ3) is 5.67. The highest BCUT2D eigenvalue weighted by Gasteiger charge is 2.68. The number of alkyl halides is 5. The van der Waals surface area contributed by atoms with Crippen LogP contribution in [0.1, 0.15) is 27.4 Å². The van der Waals surface area contributed by atoms with Crippen molar-refractivity contribution in [2.24, 2.45) is 5.92 Å². The Balaban J connectivity index is 1.55. The molecule has 0 radical (unpaired) electrons. The molecule has 4 nitrogen and oxygen atoms in total. The lowest BCUT2D eigenvalue weighted by molar-refractivity contribution is -0.137. The Morgan fingerprint density at radius 2 is 1.55 bits per heavy atom. The summed E-state index contributed by atoms with van der Waals surface area (Å²) in [4.78, 5) is 25.6. The quantitative estimate of drug-likeness (QED) is 0.218. The number of nitrogens with one attached hydrogen (secondary N) is 2. The molecule has 14 heteroatoms. The van der Waals surface area contributed by atoms with E-state index in [4.69, 9.17) is 58.0 Å². The SMILES string of the molecule is O=C(Nc1ccc(F)cc1F)c1cc(NC(=O)[C@H]2[C@H](c3cc(Cl)c(Cl)c(C(F)(F)F)c3)C2(Cl)Cl)ccc1Cl. The molecule has 1 aliphatic rings. The van der Waals surface area contributed by atoms with Crippen molar-refractivity contribution in [3.05, 3.63) is 91.9 Å². The van der Waals surface area contributed by atoms with Crippen molar-refractivity contribution in [1.29, 1.82) is 0 Å². The van der Waals surface area contributed by atoms with E-state index < -0.39 is 61.4 Å². The van der Waals surface area contributed by atoms with Crippen LogP contribution in [-0.2, 0) is 11.0 Å². The van der Waals surface area contributed by atoms with Crippen molar-refractivity contribution >= 4 is 81.2 Å². The first-order valence-electron chi connectivity index (χ1n) is 10.4. The van der Waals surface area contributed by atoms with Gasteiger partial charge >= 0.3 is 6.18 Å². The van der Waals surface area contributed by atoms with Crippen LogP contribution in [0.25, 0.3) is 0 Å². The summed E-state index contributed by atoms with van der Waals surface area (Å²) in [5.41, 5.74) is -1.67. The van der Waals surface area contributed by atoms with Crippen molar-refractivity contribution in [3.8, 4) is 0 Å². The number of hydrogen-bond acceptors (Lipinski definition) is 2. The molecular weight excluding hydrogens is 621 g/mol. The molecule has 2 N–H and O–H groups in total. The number of amides is 2. The maximum atomic E-state index is 13.9. The van der Waals surface area contributed by atoms with Gasteiger partial charge in [0, 0.05) is 17.7 Å². The molecule has 0 unspecified atom stereocenters. The van der Waals surface area contributed by atoms with Gasteiger partial charge in [0.05, 0.1) is 37.8 Å². The van der Waals surface area contributed by atoms with Crippen LogP contribution in [-0.4, -0.2) is 16.1 Å². The van der Waals surface area contributed by atoms with E-state index in [1.165, 1.54) is 18.2 Å². The second-order valence-corrected chi connectivity index (χ2v) is 10.9. The summed E-state index contributed by atoms with van der Waals surface area (Å²) < 4.78 is 65.4. The van der Waals surface area contributed by atoms with Crippen molar-refractivity contribution in [3.63, 3.8) is 0 Å². The Labute approximate surface area is 236 Å². The lowest BCUT2D eigenvalue weighted by Gasteiger charge is -2.13. The Bertz CT molecular complexity index is 1460. The van der Waals surface area contributed by atoms with Crippen molar-refractivity contribution in [2.75, 3.05) is 10.6 Å². The van der Waals surface area contributed by atoms with Gasteiger partial charge in [0.25, 0.3) is 5.91 Å². The van der Waals surface area contributed by atoms with Gasteiger partial charge in [-0.3, -0.25) is 9.59 Å². The average molecular weight is 633 g/mol. The fourth-order valence-corrected chi connectivity index (χ4v) is 5.32. The zero-order valence-electron chi connectivity index (χ0n) is 18.4. The first-order chi connectivity index (χ1) is 17.6. The van der Waals surface area contributed by atoms with Crippen LogP contribution in [0, 0.1) is 17.6 Å². The van der Waals surface area contributed by atoms with Gasteiger partial charge in [-0.1, -0.05) is 34.8 Å². The van der Waals surface area contributed by atoms with Gasteiger partial charge in [-0.05, 0) is 48.0 Å². The maximum Gasteiger partial charge on any atom is 0.417 e. The summed E-state index contributed by atoms with van der Waals surface area (Å²) in [6, 6.07) is 8.22. The minimum absolute atomic E-state index is 0.0469. The third-order valence-electron chi connectivity index (χ3n) is 5.71. The van der Waals surface area contributed by atoms with Gasteiger partial charge < -0.3 is 10.6 Å². The first kappa shape index (κ1) is 28.7. The number of halogens is 10. The van der Waals surface area contributed by atoms with E-state index in [-0.39, 0.29) is 27.5 Å². The van der Waals surface area contributed by atoms with Gasteiger partial charge in [-0.25, -0.2) is 8.78 Å². The molecule has 3 aromatic carbocycles. The number of rotatable bonds is 5. The van der Waals surface area contributed by atoms with Crippen LogP contribution in [0.2, 0.25) is 15.1 Å². The standard InChI is InChI=1S/C24H12Cl5F5N2O2/c25-14-3-2-11(8-12(14)21(37)36-17-4-1-10(30)7-16(17)31)35-22(38)19-18(23(19,28)29)9-5-13(24(32,33)34)20(27)15(26)6-9/h1-8,18-19H,(H,35,38)(H,36,37)/t18-,19+/m0/s1. The second-order valence-electron chi connectivity index (χ2n) is 8.25. The number of carbonyl (C=O) groups is 2. The van der Waals surface area contributed by atoms with Crippen LogP contribution in [0.5, 0.6) is 0 Å². The maximum absolute atomic E-state index is 13.9. The minimum atomic E-state index is -4.82. The molecule has 1 fully saturated rings. The highest BCUT2D eigenvalue weighted by molar-refractivity contribution is 6.53. The Hall–Kier alpha value is -2.30. The van der Waals surface area contributed by atoms with Crippen LogP contribution in [0.15, 0.2) is 48.5 Å². The predicted octanol–water partition coefficient (Wildman–Crippen LogP) is 8.72. The molecule has 0 bridgehead atoms. The summed E-state index contributed by atoms with van der Waals surface area (Å²) in [5, 5.41) is 3.59. The third-order valence-corrected chi connectivity index (χ3v) is 7.78. The number of anilines is 2. The molecule has 1 aliphatic carbocycles. The summed E-state index contributed by atoms with van der Waals surface area (Å²) in [6.45, 7) is 0. The molecule has 200 valence electrons. The van der Waals surface area contributed by atoms with Gasteiger partial charge in [0.1, 0.15) is 16.0 Å². The van der Waals surface area contributed by atoms with Gasteiger partial charge in [-0.2, -0.15) is 13.2 Å². The van der Waals surface area contributed by atoms with Crippen molar-refractivity contribution < 1.29 is 31.5 Å². The summed E-state index contributed by atoms with van der Waals surface area (Å²) in [6.07, 6.45) is -4.82. The number of carbonyl (C=O) groups excluding carboxylic acids is 2. The van der Waals surface area contributed by atoms with Crippen LogP contribution < -0.4 is 10.6 Å².